The Morgan fingerprint density at radius 3 is 2.12 bits per heavy atom. The van der Waals surface area contributed by atoms with Crippen molar-refractivity contribution in [1.82, 2.24) is 10.3 Å². The lowest BCUT2D eigenvalue weighted by Gasteiger charge is -2.20. The number of hydrogen-bond donors (Lipinski definition) is 1. The molecule has 1 heterocycles. The predicted octanol–water partition coefficient (Wildman–Crippen LogP) is 4.84. The van der Waals surface area contributed by atoms with Crippen LogP contribution >= 0.6 is 23.2 Å². The first-order valence-corrected chi connectivity index (χ1v) is 8.58. The highest BCUT2D eigenvalue weighted by Crippen LogP contribution is 2.26. The van der Waals surface area contributed by atoms with Crippen molar-refractivity contribution >= 4 is 29.1 Å². The van der Waals surface area contributed by atoms with Crippen LogP contribution < -0.4 is 5.32 Å². The molecule has 2 aromatic carbocycles. The van der Waals surface area contributed by atoms with E-state index in [2.05, 4.69) is 10.3 Å². The van der Waals surface area contributed by atoms with Gasteiger partial charge in [0.25, 0.3) is 0 Å². The Morgan fingerprint density at radius 2 is 1.48 bits per heavy atom. The minimum atomic E-state index is -0.266. The molecule has 0 bridgehead atoms. The minimum Gasteiger partial charge on any atom is -0.345 e. The molecule has 0 radical (unpaired) electrons. The van der Waals surface area contributed by atoms with Crippen LogP contribution in [0.2, 0.25) is 10.0 Å². The second-order valence-corrected chi connectivity index (χ2v) is 6.38. The highest BCUT2D eigenvalue weighted by molar-refractivity contribution is 6.36. The summed E-state index contributed by atoms with van der Waals surface area (Å²) in [4.78, 5) is 16.7. The molecule has 1 aromatic heterocycles. The Labute approximate surface area is 156 Å². The third-order valence-corrected chi connectivity index (χ3v) is 4.58. The molecule has 0 unspecified atom stereocenters. The fourth-order valence-corrected chi connectivity index (χ4v) is 3.17. The number of nitrogens with zero attached hydrogens (tertiary/aromatic N) is 1. The van der Waals surface area contributed by atoms with E-state index in [9.17, 15) is 4.79 Å². The molecule has 1 N–H and O–H groups in total. The second kappa shape index (κ2) is 8.15. The highest BCUT2D eigenvalue weighted by atomic mass is 35.5. The number of hydrogen-bond acceptors (Lipinski definition) is 2. The third kappa shape index (κ3) is 4.38. The Hall–Kier alpha value is -2.36. The lowest BCUT2D eigenvalue weighted by molar-refractivity contribution is -0.120. The molecule has 0 aliphatic heterocycles. The van der Waals surface area contributed by atoms with Gasteiger partial charge in [0, 0.05) is 22.4 Å². The van der Waals surface area contributed by atoms with Crippen molar-refractivity contribution in [2.75, 3.05) is 0 Å². The first-order valence-electron chi connectivity index (χ1n) is 7.82. The summed E-state index contributed by atoms with van der Waals surface area (Å²) in [7, 11) is 0. The zero-order chi connectivity index (χ0) is 17.6. The molecule has 3 rings (SSSR count). The minimum absolute atomic E-state index is 0.118. The first kappa shape index (κ1) is 17.5. The summed E-state index contributed by atoms with van der Waals surface area (Å²) < 4.78 is 0. The van der Waals surface area contributed by atoms with Gasteiger partial charge in [-0.1, -0.05) is 59.6 Å². The lowest BCUT2D eigenvalue weighted by Crippen LogP contribution is -2.30. The smallest absolute Gasteiger partial charge is 0.225 e. The highest BCUT2D eigenvalue weighted by Gasteiger charge is 2.18. The van der Waals surface area contributed by atoms with Crippen molar-refractivity contribution in [3.63, 3.8) is 0 Å². The first-order chi connectivity index (χ1) is 12.1. The number of pyridine rings is 1. The van der Waals surface area contributed by atoms with Crippen molar-refractivity contribution in [1.29, 1.82) is 0 Å². The maximum atomic E-state index is 12.6. The fraction of sp³-hybridized carbons (Fsp3) is 0.100. The van der Waals surface area contributed by atoms with Crippen LogP contribution in [0.25, 0.3) is 0 Å². The molecule has 1 amide bonds. The summed E-state index contributed by atoms with van der Waals surface area (Å²) in [5.41, 5.74) is 2.58. The van der Waals surface area contributed by atoms with Crippen molar-refractivity contribution in [2.45, 2.75) is 12.5 Å². The molecule has 0 fully saturated rings. The summed E-state index contributed by atoms with van der Waals surface area (Å²) in [6.07, 6.45) is 3.54. The maximum Gasteiger partial charge on any atom is 0.225 e. The topological polar surface area (TPSA) is 42.0 Å². The van der Waals surface area contributed by atoms with E-state index in [1.807, 2.05) is 42.5 Å². The van der Waals surface area contributed by atoms with Gasteiger partial charge in [-0.3, -0.25) is 9.78 Å². The number of halogens is 2. The third-order valence-electron chi connectivity index (χ3n) is 3.88. The molecule has 3 aromatic rings. The number of aromatic nitrogens is 1. The Kier molecular flexibility index (Phi) is 5.69. The van der Waals surface area contributed by atoms with Crippen LogP contribution in [-0.2, 0) is 11.2 Å². The summed E-state index contributed by atoms with van der Waals surface area (Å²) in [6, 6.07) is 18.5. The number of rotatable bonds is 5. The van der Waals surface area contributed by atoms with Gasteiger partial charge in [0.05, 0.1) is 12.5 Å². The summed E-state index contributed by atoms with van der Waals surface area (Å²) >= 11 is 12.3. The molecule has 3 nitrogen and oxygen atoms in total. The van der Waals surface area contributed by atoms with Gasteiger partial charge in [-0.25, -0.2) is 0 Å². The van der Waals surface area contributed by atoms with E-state index >= 15 is 0 Å². The van der Waals surface area contributed by atoms with Crippen molar-refractivity contribution < 1.29 is 4.79 Å². The molecule has 0 saturated heterocycles. The van der Waals surface area contributed by atoms with Gasteiger partial charge < -0.3 is 5.32 Å². The lowest BCUT2D eigenvalue weighted by atomic mass is 9.99. The van der Waals surface area contributed by atoms with E-state index in [-0.39, 0.29) is 18.4 Å². The molecule has 5 heteroatoms. The number of nitrogens with one attached hydrogen (secondary N) is 1. The molecule has 126 valence electrons. The average Bonchev–Trinajstić information content (AvgIpc) is 2.64. The van der Waals surface area contributed by atoms with E-state index in [1.165, 1.54) is 0 Å². The van der Waals surface area contributed by atoms with Crippen LogP contribution in [0, 0.1) is 0 Å². The van der Waals surface area contributed by atoms with Gasteiger partial charge in [0.15, 0.2) is 0 Å². The summed E-state index contributed by atoms with van der Waals surface area (Å²) in [6.45, 7) is 0. The zero-order valence-corrected chi connectivity index (χ0v) is 14.8. The molecular formula is C20H16Cl2N2O. The Bertz CT molecular complexity index is 794. The monoisotopic (exact) mass is 370 g/mol. The van der Waals surface area contributed by atoms with Gasteiger partial charge in [0.2, 0.25) is 5.91 Å². The molecule has 0 aliphatic rings. The largest absolute Gasteiger partial charge is 0.345 e. The van der Waals surface area contributed by atoms with Crippen LogP contribution in [0.5, 0.6) is 0 Å². The van der Waals surface area contributed by atoms with Crippen molar-refractivity contribution in [2.24, 2.45) is 0 Å². The van der Waals surface area contributed by atoms with Crippen LogP contribution in [0.15, 0.2) is 73.1 Å². The number of benzene rings is 2. The van der Waals surface area contributed by atoms with Gasteiger partial charge in [-0.15, -0.1) is 0 Å². The zero-order valence-electron chi connectivity index (χ0n) is 13.3. The van der Waals surface area contributed by atoms with Gasteiger partial charge >= 0.3 is 0 Å². The number of carbonyl (C=O) groups is 1. The van der Waals surface area contributed by atoms with Gasteiger partial charge in [-0.05, 0) is 41.0 Å². The van der Waals surface area contributed by atoms with Crippen LogP contribution in [-0.4, -0.2) is 10.9 Å². The predicted molar refractivity (Wildman–Crippen MR) is 101 cm³/mol. The maximum absolute atomic E-state index is 12.6. The van der Waals surface area contributed by atoms with Gasteiger partial charge in [0.1, 0.15) is 0 Å². The average molecular weight is 371 g/mol. The number of carbonyl (C=O) groups excluding carboxylic acids is 1. The van der Waals surface area contributed by atoms with Crippen molar-refractivity contribution in [3.8, 4) is 0 Å². The quantitative estimate of drug-likeness (QED) is 0.698. The Balaban J connectivity index is 1.84. The molecular weight excluding hydrogens is 355 g/mol. The fourth-order valence-electron chi connectivity index (χ4n) is 2.63. The number of amides is 1. The molecule has 0 spiro atoms. The van der Waals surface area contributed by atoms with Gasteiger partial charge in [-0.2, -0.15) is 0 Å². The summed E-state index contributed by atoms with van der Waals surface area (Å²) in [5, 5.41) is 4.05. The van der Waals surface area contributed by atoms with E-state index in [0.29, 0.717) is 15.6 Å². The molecule has 25 heavy (non-hydrogen) atoms. The van der Waals surface area contributed by atoms with E-state index in [1.54, 1.807) is 30.6 Å². The molecule has 0 aliphatic carbocycles. The normalized spacial score (nSPS) is 11.8. The van der Waals surface area contributed by atoms with E-state index in [0.717, 1.165) is 11.1 Å². The van der Waals surface area contributed by atoms with Crippen LogP contribution in [0.4, 0.5) is 0 Å². The second-order valence-electron chi connectivity index (χ2n) is 5.57. The van der Waals surface area contributed by atoms with Crippen LogP contribution in [0.3, 0.4) is 0 Å². The van der Waals surface area contributed by atoms with E-state index in [4.69, 9.17) is 23.2 Å². The standard InChI is InChI=1S/C20H16Cl2N2O/c21-17-7-4-8-18(22)16(17)13-19(25)24-20(14-5-2-1-3-6-14)15-9-11-23-12-10-15/h1-12,20H,13H2,(H,24,25)/t20-/m1/s1. The van der Waals surface area contributed by atoms with Crippen LogP contribution in [0.1, 0.15) is 22.7 Å². The molecule has 0 saturated carbocycles. The SMILES string of the molecule is O=C(Cc1c(Cl)cccc1Cl)N[C@H](c1ccccc1)c1ccncc1. The summed E-state index contributed by atoms with van der Waals surface area (Å²) in [5.74, 6) is -0.152. The Morgan fingerprint density at radius 1 is 0.880 bits per heavy atom. The van der Waals surface area contributed by atoms with E-state index < -0.39 is 0 Å². The van der Waals surface area contributed by atoms with Crippen molar-refractivity contribution in [3.05, 3.63) is 99.8 Å². The molecule has 1 atom stereocenters.